The van der Waals surface area contributed by atoms with Gasteiger partial charge in [0, 0.05) is 27.6 Å². The number of anilines is 1. The number of aryl methyl sites for hydroxylation is 1. The molecule has 18 heavy (non-hydrogen) atoms. The molecule has 0 amide bonds. The first-order valence-corrected chi connectivity index (χ1v) is 6.98. The van der Waals surface area contributed by atoms with Gasteiger partial charge in [0.25, 0.3) is 0 Å². The quantitative estimate of drug-likeness (QED) is 0.799. The van der Waals surface area contributed by atoms with Crippen LogP contribution in [0.2, 0.25) is 0 Å². The number of hydrogen-bond acceptors (Lipinski definition) is 3. The van der Waals surface area contributed by atoms with Crippen molar-refractivity contribution in [3.8, 4) is 0 Å². The minimum atomic E-state index is 0.167. The Kier molecular flexibility index (Phi) is 2.68. The molecule has 0 spiro atoms. The molecule has 0 aromatic carbocycles. The third-order valence-corrected chi connectivity index (χ3v) is 4.41. The van der Waals surface area contributed by atoms with Crippen molar-refractivity contribution in [3.63, 3.8) is 0 Å². The van der Waals surface area contributed by atoms with Gasteiger partial charge in [-0.3, -0.25) is 0 Å². The summed E-state index contributed by atoms with van der Waals surface area (Å²) in [6.07, 6.45) is 6.46. The average molecular weight is 259 g/mol. The van der Waals surface area contributed by atoms with E-state index in [4.69, 9.17) is 4.74 Å². The second-order valence-electron chi connectivity index (χ2n) is 5.25. The molecule has 0 saturated carbocycles. The summed E-state index contributed by atoms with van der Waals surface area (Å²) in [6.45, 7) is 10.1. The molecule has 0 bridgehead atoms. The lowest BCUT2D eigenvalue weighted by molar-refractivity contribution is -0.0760. The normalized spacial score (nSPS) is 21.8. The number of hydrogen-bond donors (Lipinski definition) is 0. The average Bonchev–Trinajstić information content (AvgIpc) is 2.73. The summed E-state index contributed by atoms with van der Waals surface area (Å²) in [4.78, 5) is 3.49. The van der Waals surface area contributed by atoms with Crippen LogP contribution in [0.15, 0.2) is 47.6 Å². The van der Waals surface area contributed by atoms with Crippen LogP contribution in [-0.2, 0) is 4.74 Å². The van der Waals surface area contributed by atoms with Crippen LogP contribution < -0.4 is 4.90 Å². The third kappa shape index (κ3) is 1.84. The van der Waals surface area contributed by atoms with Crippen LogP contribution in [0.4, 0.5) is 5.69 Å². The van der Waals surface area contributed by atoms with Gasteiger partial charge in [0.05, 0.1) is 18.9 Å². The molecule has 3 heteroatoms. The Bertz CT molecular complexity index is 549. The molecule has 0 unspecified atom stereocenters. The summed E-state index contributed by atoms with van der Waals surface area (Å²) >= 11 is 1.77. The van der Waals surface area contributed by atoms with Gasteiger partial charge in [-0.15, -0.1) is 11.3 Å². The summed E-state index contributed by atoms with van der Waals surface area (Å²) < 4.78 is 5.35. The zero-order valence-electron chi connectivity index (χ0n) is 10.8. The monoisotopic (exact) mass is 259 g/mol. The molecule has 2 aliphatic rings. The Morgan fingerprint density at radius 1 is 1.39 bits per heavy atom. The Morgan fingerprint density at radius 3 is 2.72 bits per heavy atom. The van der Waals surface area contributed by atoms with Crippen LogP contribution in [0.1, 0.15) is 11.8 Å². The second kappa shape index (κ2) is 4.11. The molecule has 3 rings (SSSR count). The molecule has 0 radical (unpaired) electrons. The van der Waals surface area contributed by atoms with Crippen molar-refractivity contribution in [2.45, 2.75) is 13.8 Å². The van der Waals surface area contributed by atoms with E-state index in [1.807, 2.05) is 0 Å². The van der Waals surface area contributed by atoms with Crippen molar-refractivity contribution in [2.24, 2.45) is 5.41 Å². The number of thiophene rings is 1. The van der Waals surface area contributed by atoms with E-state index in [1.165, 1.54) is 16.1 Å². The highest BCUT2D eigenvalue weighted by Gasteiger charge is 2.37. The van der Waals surface area contributed by atoms with Crippen molar-refractivity contribution >= 4 is 17.0 Å². The fraction of sp³-hybridized carbons (Fsp3) is 0.333. The van der Waals surface area contributed by atoms with E-state index in [9.17, 15) is 0 Å². The summed E-state index contributed by atoms with van der Waals surface area (Å²) in [5.41, 5.74) is 3.71. The lowest BCUT2D eigenvalue weighted by Crippen LogP contribution is -2.42. The molecule has 0 atom stereocenters. The maximum Gasteiger partial charge on any atom is 0.0583 e. The second-order valence-corrected chi connectivity index (χ2v) is 6.36. The van der Waals surface area contributed by atoms with Crippen LogP contribution in [-0.4, -0.2) is 13.2 Å². The SMILES string of the molecule is C=C1C=CC(C2(C)COC2)=CN1c1csc(C)c1. The van der Waals surface area contributed by atoms with Gasteiger partial charge in [0.1, 0.15) is 0 Å². The summed E-state index contributed by atoms with van der Waals surface area (Å²) in [6, 6.07) is 2.20. The largest absolute Gasteiger partial charge is 0.379 e. The molecule has 2 nitrogen and oxygen atoms in total. The predicted molar refractivity (Wildman–Crippen MR) is 76.8 cm³/mol. The van der Waals surface area contributed by atoms with E-state index in [0.717, 1.165) is 18.9 Å². The van der Waals surface area contributed by atoms with Crippen molar-refractivity contribution in [1.82, 2.24) is 0 Å². The lowest BCUT2D eigenvalue weighted by Gasteiger charge is -2.41. The minimum Gasteiger partial charge on any atom is -0.379 e. The molecule has 1 aromatic heterocycles. The van der Waals surface area contributed by atoms with Crippen LogP contribution in [0, 0.1) is 12.3 Å². The van der Waals surface area contributed by atoms with Crippen molar-refractivity contribution in [2.75, 3.05) is 18.1 Å². The number of allylic oxidation sites excluding steroid dienone is 2. The van der Waals surface area contributed by atoms with Gasteiger partial charge in [-0.25, -0.2) is 0 Å². The van der Waals surface area contributed by atoms with Crippen LogP contribution in [0.5, 0.6) is 0 Å². The fourth-order valence-electron chi connectivity index (χ4n) is 2.26. The standard InChI is InChI=1S/C15H17NOS/c1-11-4-5-13(15(3)9-17-10-15)7-16(11)14-6-12(2)18-8-14/h4-8H,1,9-10H2,2-3H3. The van der Waals surface area contributed by atoms with E-state index in [1.54, 1.807) is 11.3 Å². The zero-order valence-corrected chi connectivity index (χ0v) is 11.6. The lowest BCUT2D eigenvalue weighted by atomic mass is 9.79. The number of ether oxygens (including phenoxy) is 1. The van der Waals surface area contributed by atoms with Crippen LogP contribution in [0.3, 0.4) is 0 Å². The van der Waals surface area contributed by atoms with Gasteiger partial charge < -0.3 is 9.64 Å². The molecule has 0 aliphatic carbocycles. The maximum absolute atomic E-state index is 5.35. The summed E-state index contributed by atoms with van der Waals surface area (Å²) in [5.74, 6) is 0. The van der Waals surface area contributed by atoms with Crippen LogP contribution >= 0.6 is 11.3 Å². The van der Waals surface area contributed by atoms with Crippen molar-refractivity contribution in [3.05, 3.63) is 52.5 Å². The highest BCUT2D eigenvalue weighted by atomic mass is 32.1. The summed E-state index contributed by atoms with van der Waals surface area (Å²) in [5, 5.41) is 2.17. The predicted octanol–water partition coefficient (Wildman–Crippen LogP) is 3.87. The molecule has 3 heterocycles. The minimum absolute atomic E-state index is 0.167. The third-order valence-electron chi connectivity index (χ3n) is 3.57. The van der Waals surface area contributed by atoms with E-state index < -0.39 is 0 Å². The smallest absolute Gasteiger partial charge is 0.0583 e. The van der Waals surface area contributed by atoms with E-state index in [2.05, 4.69) is 55.1 Å². The molecule has 2 aliphatic heterocycles. The molecular weight excluding hydrogens is 242 g/mol. The van der Waals surface area contributed by atoms with E-state index in [0.29, 0.717) is 0 Å². The maximum atomic E-state index is 5.35. The van der Waals surface area contributed by atoms with Gasteiger partial charge in [-0.2, -0.15) is 0 Å². The molecule has 1 aromatic rings. The first-order valence-electron chi connectivity index (χ1n) is 6.10. The highest BCUT2D eigenvalue weighted by Crippen LogP contribution is 2.39. The molecule has 0 N–H and O–H groups in total. The van der Waals surface area contributed by atoms with E-state index in [-0.39, 0.29) is 5.41 Å². The van der Waals surface area contributed by atoms with Gasteiger partial charge >= 0.3 is 0 Å². The van der Waals surface area contributed by atoms with Crippen molar-refractivity contribution < 1.29 is 4.74 Å². The topological polar surface area (TPSA) is 12.5 Å². The number of nitrogens with zero attached hydrogens (tertiary/aromatic N) is 1. The van der Waals surface area contributed by atoms with Gasteiger partial charge in [0.2, 0.25) is 0 Å². The molecule has 1 fully saturated rings. The first kappa shape index (κ1) is 11.8. The fourth-order valence-corrected chi connectivity index (χ4v) is 2.94. The van der Waals surface area contributed by atoms with E-state index >= 15 is 0 Å². The van der Waals surface area contributed by atoms with Gasteiger partial charge in [0.15, 0.2) is 0 Å². The molecule has 1 saturated heterocycles. The van der Waals surface area contributed by atoms with Crippen LogP contribution in [0.25, 0.3) is 0 Å². The number of rotatable bonds is 2. The Morgan fingerprint density at radius 2 is 2.17 bits per heavy atom. The van der Waals surface area contributed by atoms with Gasteiger partial charge in [-0.1, -0.05) is 19.6 Å². The Balaban J connectivity index is 1.94. The molecular formula is C15H17NOS. The Hall–Kier alpha value is -1.32. The Labute approximate surface area is 112 Å². The molecule has 94 valence electrons. The zero-order chi connectivity index (χ0) is 12.8. The summed E-state index contributed by atoms with van der Waals surface area (Å²) in [7, 11) is 0. The van der Waals surface area contributed by atoms with Crippen molar-refractivity contribution in [1.29, 1.82) is 0 Å². The van der Waals surface area contributed by atoms with Gasteiger partial charge in [-0.05, 0) is 24.6 Å². The first-order chi connectivity index (χ1) is 8.58. The highest BCUT2D eigenvalue weighted by molar-refractivity contribution is 7.10.